The van der Waals surface area contributed by atoms with Gasteiger partial charge in [-0.15, -0.1) is 0 Å². The number of hydrogen-bond donors (Lipinski definition) is 1. The zero-order valence-corrected chi connectivity index (χ0v) is 13.0. The van der Waals surface area contributed by atoms with E-state index in [4.69, 9.17) is 11.6 Å². The Balaban J connectivity index is 0.00000289. The Morgan fingerprint density at radius 2 is 1.94 bits per heavy atom. The van der Waals surface area contributed by atoms with Crippen LogP contribution in [0.4, 0.5) is 5.95 Å². The van der Waals surface area contributed by atoms with E-state index in [1.54, 1.807) is 0 Å². The molecule has 1 heterocycles. The molecule has 3 nitrogen and oxygen atoms in total. The Bertz CT molecular complexity index is 356. The van der Waals surface area contributed by atoms with E-state index in [1.807, 2.05) is 13.1 Å². The summed E-state index contributed by atoms with van der Waals surface area (Å²) in [6.07, 6.45) is 6.43. The number of unbranched alkanes of at least 4 members (excludes halogenated alkanes) is 4. The number of nitrogens with zero attached hydrogens (tertiary/aromatic N) is 2. The summed E-state index contributed by atoms with van der Waals surface area (Å²) in [7, 11) is 1.88. The fraction of sp³-hybridized carbons (Fsp3) is 0.692. The first-order chi connectivity index (χ1) is 8.19. The van der Waals surface area contributed by atoms with Crippen LogP contribution in [0.5, 0.6) is 0 Å². The van der Waals surface area contributed by atoms with E-state index >= 15 is 0 Å². The summed E-state index contributed by atoms with van der Waals surface area (Å²) in [5, 5.41) is 3.65. The van der Waals surface area contributed by atoms with E-state index in [0.29, 0.717) is 5.15 Å². The summed E-state index contributed by atoms with van der Waals surface area (Å²) in [5.41, 5.74) is 1.16. The Kier molecular flexibility index (Phi) is 9.12. The summed E-state index contributed by atoms with van der Waals surface area (Å²) in [6, 6.07) is 1.91. The fourth-order valence-corrected chi connectivity index (χ4v) is 2.20. The van der Waals surface area contributed by atoms with Crippen LogP contribution in [-0.2, 0) is 6.54 Å². The van der Waals surface area contributed by atoms with Gasteiger partial charge in [-0.2, -0.15) is 0 Å². The van der Waals surface area contributed by atoms with Gasteiger partial charge in [-0.1, -0.05) is 37.6 Å². The number of hydrogen-bond acceptors (Lipinski definition) is 2. The van der Waals surface area contributed by atoms with Crippen LogP contribution < -0.4 is 22.3 Å². The third-order valence-corrected chi connectivity index (χ3v) is 3.12. The highest BCUT2D eigenvalue weighted by Gasteiger charge is 2.13. The second-order valence-corrected chi connectivity index (χ2v) is 4.75. The zero-order chi connectivity index (χ0) is 12.7. The second kappa shape index (κ2) is 9.40. The monoisotopic (exact) mass is 291 g/mol. The Hall–Kier alpha value is -0.540. The van der Waals surface area contributed by atoms with Crippen molar-refractivity contribution in [1.82, 2.24) is 4.98 Å². The Labute approximate surface area is 121 Å². The molecule has 0 saturated carbocycles. The van der Waals surface area contributed by atoms with Crippen molar-refractivity contribution in [1.29, 1.82) is 0 Å². The molecule has 0 unspecified atom stereocenters. The van der Waals surface area contributed by atoms with Crippen LogP contribution >= 0.6 is 11.6 Å². The SMILES string of the molecule is CCCCCCC[n+]1c(C)cc(Cl)nc1NC.[Cl-]. The molecule has 0 fully saturated rings. The van der Waals surface area contributed by atoms with Gasteiger partial charge in [-0.25, -0.2) is 4.57 Å². The largest absolute Gasteiger partial charge is 1.00 e. The van der Waals surface area contributed by atoms with E-state index in [2.05, 4.69) is 28.7 Å². The highest BCUT2D eigenvalue weighted by molar-refractivity contribution is 6.29. The van der Waals surface area contributed by atoms with Gasteiger partial charge in [0, 0.05) is 6.07 Å². The summed E-state index contributed by atoms with van der Waals surface area (Å²) >= 11 is 5.94. The average Bonchev–Trinajstić information content (AvgIpc) is 2.30. The molecule has 0 spiro atoms. The molecule has 0 aromatic carbocycles. The van der Waals surface area contributed by atoms with Gasteiger partial charge in [0.2, 0.25) is 5.15 Å². The normalized spacial score (nSPS) is 10.0. The molecule has 18 heavy (non-hydrogen) atoms. The lowest BCUT2D eigenvalue weighted by Gasteiger charge is -2.08. The number of rotatable bonds is 7. The first kappa shape index (κ1) is 17.5. The van der Waals surface area contributed by atoms with Crippen molar-refractivity contribution in [2.45, 2.75) is 52.5 Å². The van der Waals surface area contributed by atoms with Gasteiger partial charge in [-0.05, 0) is 24.9 Å². The van der Waals surface area contributed by atoms with Crippen molar-refractivity contribution in [3.8, 4) is 0 Å². The van der Waals surface area contributed by atoms with Gasteiger partial charge < -0.3 is 12.4 Å². The second-order valence-electron chi connectivity index (χ2n) is 4.36. The zero-order valence-electron chi connectivity index (χ0n) is 11.5. The molecule has 0 aliphatic carbocycles. The van der Waals surface area contributed by atoms with Gasteiger partial charge in [0.15, 0.2) is 0 Å². The molecule has 0 aliphatic rings. The molecular weight excluding hydrogens is 269 g/mol. The molecule has 1 rings (SSSR count). The minimum Gasteiger partial charge on any atom is -1.00 e. The van der Waals surface area contributed by atoms with Crippen molar-refractivity contribution < 1.29 is 17.0 Å². The number of aromatic nitrogens is 2. The predicted molar refractivity (Wildman–Crippen MR) is 72.5 cm³/mol. The van der Waals surface area contributed by atoms with Crippen LogP contribution in [0.15, 0.2) is 6.07 Å². The molecule has 0 amide bonds. The summed E-state index contributed by atoms with van der Waals surface area (Å²) in [4.78, 5) is 4.28. The first-order valence-electron chi connectivity index (χ1n) is 6.43. The fourth-order valence-electron chi connectivity index (χ4n) is 1.96. The van der Waals surface area contributed by atoms with E-state index in [0.717, 1.165) is 18.2 Å². The lowest BCUT2D eigenvalue weighted by molar-refractivity contribution is -0.691. The molecule has 0 saturated heterocycles. The van der Waals surface area contributed by atoms with Crippen LogP contribution in [0.3, 0.4) is 0 Å². The molecule has 0 bridgehead atoms. The number of aryl methyl sites for hydroxylation is 1. The van der Waals surface area contributed by atoms with Gasteiger partial charge in [-0.3, -0.25) is 5.32 Å². The van der Waals surface area contributed by atoms with E-state index in [9.17, 15) is 0 Å². The van der Waals surface area contributed by atoms with Crippen LogP contribution in [-0.4, -0.2) is 12.0 Å². The molecule has 104 valence electrons. The van der Waals surface area contributed by atoms with Crippen LogP contribution in [0.1, 0.15) is 44.7 Å². The minimum absolute atomic E-state index is 0. The van der Waals surface area contributed by atoms with Gasteiger partial charge in [0.25, 0.3) is 0 Å². The van der Waals surface area contributed by atoms with Gasteiger partial charge in [0.1, 0.15) is 0 Å². The average molecular weight is 292 g/mol. The topological polar surface area (TPSA) is 28.8 Å². The van der Waals surface area contributed by atoms with E-state index in [1.165, 1.54) is 32.1 Å². The number of nitrogens with one attached hydrogen (secondary N) is 1. The summed E-state index contributed by atoms with van der Waals surface area (Å²) in [5.74, 6) is 0.852. The quantitative estimate of drug-likeness (QED) is 0.446. The Morgan fingerprint density at radius 3 is 2.56 bits per heavy atom. The molecule has 1 N–H and O–H groups in total. The van der Waals surface area contributed by atoms with Crippen molar-refractivity contribution in [2.24, 2.45) is 0 Å². The smallest absolute Gasteiger partial charge is 0.393 e. The van der Waals surface area contributed by atoms with Crippen LogP contribution in [0.25, 0.3) is 0 Å². The Morgan fingerprint density at radius 1 is 1.28 bits per heavy atom. The number of anilines is 1. The third kappa shape index (κ3) is 5.40. The van der Waals surface area contributed by atoms with E-state index in [-0.39, 0.29) is 12.4 Å². The summed E-state index contributed by atoms with van der Waals surface area (Å²) in [6.45, 7) is 5.32. The maximum absolute atomic E-state index is 5.94. The molecular formula is C13H23Cl2N3. The highest BCUT2D eigenvalue weighted by Crippen LogP contribution is 2.09. The van der Waals surface area contributed by atoms with E-state index < -0.39 is 0 Å². The molecule has 0 aliphatic heterocycles. The lowest BCUT2D eigenvalue weighted by atomic mass is 10.1. The van der Waals surface area contributed by atoms with Crippen LogP contribution in [0, 0.1) is 6.92 Å². The van der Waals surface area contributed by atoms with Crippen molar-refractivity contribution >= 4 is 17.5 Å². The van der Waals surface area contributed by atoms with Crippen LogP contribution in [0.2, 0.25) is 5.15 Å². The number of halogens is 2. The maximum atomic E-state index is 5.94. The van der Waals surface area contributed by atoms with Crippen molar-refractivity contribution in [2.75, 3.05) is 12.4 Å². The van der Waals surface area contributed by atoms with Gasteiger partial charge in [0.05, 0.1) is 19.3 Å². The minimum atomic E-state index is 0. The third-order valence-electron chi connectivity index (χ3n) is 2.93. The molecule has 1 aromatic heterocycles. The van der Waals surface area contributed by atoms with Gasteiger partial charge >= 0.3 is 5.95 Å². The lowest BCUT2D eigenvalue weighted by Crippen LogP contribution is -3.00. The maximum Gasteiger partial charge on any atom is 0.393 e. The summed E-state index contributed by atoms with van der Waals surface area (Å²) < 4.78 is 2.19. The van der Waals surface area contributed by atoms with Crippen molar-refractivity contribution in [3.05, 3.63) is 16.9 Å². The molecule has 0 atom stereocenters. The highest BCUT2D eigenvalue weighted by atomic mass is 35.5. The molecule has 1 aromatic rings. The van der Waals surface area contributed by atoms with Crippen molar-refractivity contribution in [3.63, 3.8) is 0 Å². The standard InChI is InChI=1S/C13H22ClN3.ClH/c1-4-5-6-7-8-9-17-11(2)10-12(14)16-13(17)15-3;/h10H,4-9H2,1-3H3;1H. The predicted octanol–water partition coefficient (Wildman–Crippen LogP) is 0.347. The molecule has 5 heteroatoms. The first-order valence-corrected chi connectivity index (χ1v) is 6.81. The molecule has 0 radical (unpaired) electrons.